The SMILES string of the molecule is CCC1CCCCCN1C(CCN)c1ccccc1. The third-order valence-corrected chi connectivity index (χ3v) is 4.42. The fourth-order valence-corrected chi connectivity index (χ4v) is 3.41. The Bertz CT molecular complexity index is 350. The minimum Gasteiger partial charge on any atom is -0.330 e. The highest BCUT2D eigenvalue weighted by Gasteiger charge is 2.27. The molecule has 0 bridgehead atoms. The maximum atomic E-state index is 5.87. The molecule has 19 heavy (non-hydrogen) atoms. The Balaban J connectivity index is 2.20. The van der Waals surface area contributed by atoms with Crippen molar-refractivity contribution in [1.82, 2.24) is 4.90 Å². The van der Waals surface area contributed by atoms with E-state index in [1.54, 1.807) is 0 Å². The Morgan fingerprint density at radius 2 is 2.00 bits per heavy atom. The number of hydrogen-bond acceptors (Lipinski definition) is 2. The van der Waals surface area contributed by atoms with E-state index in [2.05, 4.69) is 42.2 Å². The summed E-state index contributed by atoms with van der Waals surface area (Å²) in [7, 11) is 0. The number of likely N-dealkylation sites (tertiary alicyclic amines) is 1. The average molecular weight is 260 g/mol. The van der Waals surface area contributed by atoms with Crippen molar-refractivity contribution in [2.45, 2.75) is 57.5 Å². The first-order chi connectivity index (χ1) is 9.36. The summed E-state index contributed by atoms with van der Waals surface area (Å²) in [5.74, 6) is 0. The maximum Gasteiger partial charge on any atom is 0.0363 e. The second kappa shape index (κ2) is 7.66. The molecule has 1 aromatic carbocycles. The van der Waals surface area contributed by atoms with E-state index in [0.717, 1.165) is 19.0 Å². The Labute approximate surface area is 118 Å². The Morgan fingerprint density at radius 3 is 2.68 bits per heavy atom. The van der Waals surface area contributed by atoms with Crippen molar-refractivity contribution < 1.29 is 0 Å². The topological polar surface area (TPSA) is 29.3 Å². The molecule has 1 saturated heterocycles. The number of benzene rings is 1. The van der Waals surface area contributed by atoms with Crippen LogP contribution in [0.1, 0.15) is 57.1 Å². The summed E-state index contributed by atoms with van der Waals surface area (Å²) < 4.78 is 0. The van der Waals surface area contributed by atoms with Gasteiger partial charge < -0.3 is 5.73 Å². The molecule has 0 saturated carbocycles. The highest BCUT2D eigenvalue weighted by atomic mass is 15.2. The van der Waals surface area contributed by atoms with Gasteiger partial charge in [0.25, 0.3) is 0 Å². The van der Waals surface area contributed by atoms with Crippen LogP contribution in [0.3, 0.4) is 0 Å². The van der Waals surface area contributed by atoms with Gasteiger partial charge in [-0.3, -0.25) is 4.90 Å². The quantitative estimate of drug-likeness (QED) is 0.874. The molecule has 1 aromatic rings. The predicted molar refractivity (Wildman–Crippen MR) is 82.1 cm³/mol. The van der Waals surface area contributed by atoms with Crippen molar-refractivity contribution >= 4 is 0 Å². The molecule has 2 N–H and O–H groups in total. The summed E-state index contributed by atoms with van der Waals surface area (Å²) in [5.41, 5.74) is 7.31. The van der Waals surface area contributed by atoms with E-state index in [1.807, 2.05) is 0 Å². The molecule has 1 heterocycles. The summed E-state index contributed by atoms with van der Waals surface area (Å²) in [6.07, 6.45) is 7.79. The van der Waals surface area contributed by atoms with Gasteiger partial charge in [-0.1, -0.05) is 50.1 Å². The van der Waals surface area contributed by atoms with E-state index in [0.29, 0.717) is 6.04 Å². The molecule has 106 valence electrons. The third kappa shape index (κ3) is 3.80. The van der Waals surface area contributed by atoms with Gasteiger partial charge in [0.1, 0.15) is 0 Å². The number of rotatable bonds is 5. The highest BCUT2D eigenvalue weighted by molar-refractivity contribution is 5.19. The van der Waals surface area contributed by atoms with Crippen molar-refractivity contribution in [2.24, 2.45) is 5.73 Å². The van der Waals surface area contributed by atoms with Gasteiger partial charge in [0.2, 0.25) is 0 Å². The van der Waals surface area contributed by atoms with E-state index in [4.69, 9.17) is 5.73 Å². The van der Waals surface area contributed by atoms with Crippen LogP contribution < -0.4 is 5.73 Å². The van der Waals surface area contributed by atoms with Crippen LogP contribution in [0.15, 0.2) is 30.3 Å². The minimum atomic E-state index is 0.509. The summed E-state index contributed by atoms with van der Waals surface area (Å²) >= 11 is 0. The van der Waals surface area contributed by atoms with Crippen LogP contribution in [0.25, 0.3) is 0 Å². The smallest absolute Gasteiger partial charge is 0.0363 e. The van der Waals surface area contributed by atoms with Crippen molar-refractivity contribution in [2.75, 3.05) is 13.1 Å². The molecule has 0 spiro atoms. The largest absolute Gasteiger partial charge is 0.330 e. The fourth-order valence-electron chi connectivity index (χ4n) is 3.41. The zero-order chi connectivity index (χ0) is 13.5. The van der Waals surface area contributed by atoms with Gasteiger partial charge in [-0.2, -0.15) is 0 Å². The molecule has 2 rings (SSSR count). The lowest BCUT2D eigenvalue weighted by Gasteiger charge is -2.37. The van der Waals surface area contributed by atoms with Gasteiger partial charge in [0.05, 0.1) is 0 Å². The average Bonchev–Trinajstić information content (AvgIpc) is 2.70. The molecule has 1 aliphatic rings. The molecule has 2 heteroatoms. The molecule has 0 aromatic heterocycles. The van der Waals surface area contributed by atoms with Gasteiger partial charge in [0.15, 0.2) is 0 Å². The van der Waals surface area contributed by atoms with Crippen LogP contribution >= 0.6 is 0 Å². The predicted octanol–water partition coefficient (Wildman–Crippen LogP) is 3.73. The van der Waals surface area contributed by atoms with E-state index in [9.17, 15) is 0 Å². The molecular formula is C17H28N2. The first kappa shape index (κ1) is 14.5. The van der Waals surface area contributed by atoms with Gasteiger partial charge >= 0.3 is 0 Å². The lowest BCUT2D eigenvalue weighted by atomic mass is 9.98. The Kier molecular flexibility index (Phi) is 5.87. The summed E-state index contributed by atoms with van der Waals surface area (Å²) in [4.78, 5) is 2.73. The molecular weight excluding hydrogens is 232 g/mol. The van der Waals surface area contributed by atoms with Crippen molar-refractivity contribution in [3.63, 3.8) is 0 Å². The van der Waals surface area contributed by atoms with Gasteiger partial charge in [-0.25, -0.2) is 0 Å². The van der Waals surface area contributed by atoms with Crippen LogP contribution in [0.2, 0.25) is 0 Å². The molecule has 2 atom stereocenters. The normalized spacial score (nSPS) is 22.9. The highest BCUT2D eigenvalue weighted by Crippen LogP contribution is 2.31. The minimum absolute atomic E-state index is 0.509. The maximum absolute atomic E-state index is 5.87. The molecule has 0 amide bonds. The van der Waals surface area contributed by atoms with Crippen molar-refractivity contribution in [1.29, 1.82) is 0 Å². The molecule has 0 radical (unpaired) electrons. The number of hydrogen-bond donors (Lipinski definition) is 1. The second-order valence-electron chi connectivity index (χ2n) is 5.65. The van der Waals surface area contributed by atoms with Crippen LogP contribution in [0, 0.1) is 0 Å². The summed E-state index contributed by atoms with van der Waals surface area (Å²) in [6.45, 7) is 4.33. The third-order valence-electron chi connectivity index (χ3n) is 4.42. The standard InChI is InChI=1S/C17H28N2/c1-2-16-11-7-4-8-14-19(16)17(12-13-18)15-9-5-3-6-10-15/h3,5-6,9-10,16-17H,2,4,7-8,11-14,18H2,1H3. The van der Waals surface area contributed by atoms with E-state index >= 15 is 0 Å². The molecule has 2 unspecified atom stereocenters. The molecule has 1 aliphatic heterocycles. The molecule has 1 fully saturated rings. The zero-order valence-electron chi connectivity index (χ0n) is 12.2. The lowest BCUT2D eigenvalue weighted by Crippen LogP contribution is -2.38. The first-order valence-corrected chi connectivity index (χ1v) is 7.87. The Hall–Kier alpha value is -0.860. The molecule has 0 aliphatic carbocycles. The van der Waals surface area contributed by atoms with E-state index in [-0.39, 0.29) is 0 Å². The van der Waals surface area contributed by atoms with Gasteiger partial charge in [0, 0.05) is 12.1 Å². The lowest BCUT2D eigenvalue weighted by molar-refractivity contribution is 0.126. The van der Waals surface area contributed by atoms with Crippen LogP contribution in [-0.4, -0.2) is 24.0 Å². The molecule has 2 nitrogen and oxygen atoms in total. The Morgan fingerprint density at radius 1 is 1.21 bits per heavy atom. The number of nitrogens with two attached hydrogens (primary N) is 1. The van der Waals surface area contributed by atoms with Crippen LogP contribution in [0.4, 0.5) is 0 Å². The monoisotopic (exact) mass is 260 g/mol. The summed E-state index contributed by atoms with van der Waals surface area (Å²) in [6, 6.07) is 12.2. The van der Waals surface area contributed by atoms with Crippen molar-refractivity contribution in [3.05, 3.63) is 35.9 Å². The second-order valence-corrected chi connectivity index (χ2v) is 5.65. The van der Waals surface area contributed by atoms with E-state index < -0.39 is 0 Å². The van der Waals surface area contributed by atoms with Gasteiger partial charge in [-0.05, 0) is 44.3 Å². The fraction of sp³-hybridized carbons (Fsp3) is 0.647. The van der Waals surface area contributed by atoms with Crippen LogP contribution in [-0.2, 0) is 0 Å². The number of nitrogens with zero attached hydrogens (tertiary/aromatic N) is 1. The van der Waals surface area contributed by atoms with Crippen LogP contribution in [0.5, 0.6) is 0 Å². The first-order valence-electron chi connectivity index (χ1n) is 7.87. The summed E-state index contributed by atoms with van der Waals surface area (Å²) in [5, 5.41) is 0. The van der Waals surface area contributed by atoms with E-state index in [1.165, 1.54) is 44.2 Å². The van der Waals surface area contributed by atoms with Crippen molar-refractivity contribution in [3.8, 4) is 0 Å². The zero-order valence-corrected chi connectivity index (χ0v) is 12.2. The van der Waals surface area contributed by atoms with Gasteiger partial charge in [-0.15, -0.1) is 0 Å².